The highest BCUT2D eigenvalue weighted by Crippen LogP contribution is 2.57. The van der Waals surface area contributed by atoms with Gasteiger partial charge in [-0.05, 0) is 12.1 Å². The summed E-state index contributed by atoms with van der Waals surface area (Å²) < 4.78 is 84.8. The molecule has 0 heterocycles. The summed E-state index contributed by atoms with van der Waals surface area (Å²) in [4.78, 5) is -0.598. The minimum Gasteiger partial charge on any atom is -0.490 e. The third kappa shape index (κ3) is 2.68. The zero-order chi connectivity index (χ0) is 18.8. The van der Waals surface area contributed by atoms with Gasteiger partial charge in [0.15, 0.2) is 21.7 Å². The Morgan fingerprint density at radius 2 is 1.88 bits per heavy atom. The van der Waals surface area contributed by atoms with Gasteiger partial charge in [-0.1, -0.05) is 5.92 Å². The Labute approximate surface area is 141 Å². The summed E-state index contributed by atoms with van der Waals surface area (Å²) in [5.74, 6) is -2.61. The molecule has 1 saturated carbocycles. The van der Waals surface area contributed by atoms with Crippen LogP contribution in [0.15, 0.2) is 17.0 Å². The molecule has 2 aliphatic carbocycles. The molecule has 0 amide bonds. The molecule has 2 aliphatic rings. The van der Waals surface area contributed by atoms with Gasteiger partial charge < -0.3 is 9.84 Å². The van der Waals surface area contributed by atoms with Gasteiger partial charge in [0.25, 0.3) is 0 Å². The Balaban J connectivity index is 2.05. The van der Waals surface area contributed by atoms with Crippen LogP contribution in [0, 0.1) is 12.3 Å². The van der Waals surface area contributed by atoms with Crippen molar-refractivity contribution in [3.63, 3.8) is 0 Å². The Kier molecular flexibility index (Phi) is 3.86. The Bertz CT molecular complexity index is 869. The maximum Gasteiger partial charge on any atom is 0.312 e. The van der Waals surface area contributed by atoms with E-state index in [1.54, 1.807) is 0 Å². The molecule has 0 radical (unpaired) electrons. The molecule has 0 unspecified atom stereocenters. The Hall–Kier alpha value is -1.79. The minimum atomic E-state index is -4.20. The maximum absolute atomic E-state index is 14.3. The molecule has 1 N–H and O–H groups in total. The van der Waals surface area contributed by atoms with Crippen LogP contribution in [-0.2, 0) is 9.84 Å². The largest absolute Gasteiger partial charge is 0.490 e. The number of sulfone groups is 1. The van der Waals surface area contributed by atoms with Crippen molar-refractivity contribution in [3.05, 3.63) is 23.3 Å². The fourth-order valence-electron chi connectivity index (χ4n) is 3.13. The van der Waals surface area contributed by atoms with Gasteiger partial charge in [0, 0.05) is 30.2 Å². The van der Waals surface area contributed by atoms with Gasteiger partial charge >= 0.3 is 5.92 Å². The average molecular weight is 378 g/mol. The van der Waals surface area contributed by atoms with E-state index in [1.807, 2.05) is 5.92 Å². The van der Waals surface area contributed by atoms with Crippen LogP contribution in [0.2, 0.25) is 0 Å². The molecule has 136 valence electrons. The van der Waals surface area contributed by atoms with Gasteiger partial charge in [-0.2, -0.15) is 8.78 Å². The van der Waals surface area contributed by atoms with E-state index in [2.05, 4.69) is 0 Å². The fraction of sp³-hybridized carbons (Fsp3) is 0.500. The molecule has 1 aromatic carbocycles. The zero-order valence-electron chi connectivity index (χ0n) is 13.0. The lowest BCUT2D eigenvalue weighted by molar-refractivity contribution is -0.144. The van der Waals surface area contributed by atoms with Gasteiger partial charge in [0.1, 0.15) is 18.0 Å². The number of alkyl halides is 4. The van der Waals surface area contributed by atoms with E-state index in [-0.39, 0.29) is 18.6 Å². The van der Waals surface area contributed by atoms with E-state index >= 15 is 0 Å². The molecular weight excluding hydrogens is 364 g/mol. The molecule has 0 aliphatic heterocycles. The minimum absolute atomic E-state index is 0.192. The number of terminal acetylenes is 1. The van der Waals surface area contributed by atoms with Crippen molar-refractivity contribution in [1.29, 1.82) is 0 Å². The average Bonchev–Trinajstić information content (AvgIpc) is 2.66. The number of aliphatic hydroxyl groups is 1. The lowest BCUT2D eigenvalue weighted by Crippen LogP contribution is -2.45. The first-order chi connectivity index (χ1) is 11.4. The normalized spacial score (nSPS) is 33.2. The number of aliphatic hydroxyl groups excluding tert-OH is 1. The van der Waals surface area contributed by atoms with E-state index < -0.39 is 55.8 Å². The summed E-state index contributed by atoms with van der Waals surface area (Å²) in [7, 11) is -4.00. The molecule has 3 rings (SSSR count). The standard InChI is InChI=1S/C16H14F4O4S/c1-3-15(18)6-8(7-15)24-9-4-5-10(25(2,22)23)12-11(9)13(17)16(19,20)14(12)21/h1,4-5,8,13-14,21H,6-7H2,2H3/t8?,13-,14+,15?/m1/s1. The second kappa shape index (κ2) is 5.35. The van der Waals surface area contributed by atoms with Crippen molar-refractivity contribution in [2.75, 3.05) is 6.26 Å². The van der Waals surface area contributed by atoms with Crippen molar-refractivity contribution in [3.8, 4) is 18.1 Å². The highest BCUT2D eigenvalue weighted by molar-refractivity contribution is 7.90. The van der Waals surface area contributed by atoms with E-state index in [0.29, 0.717) is 0 Å². The molecule has 0 spiro atoms. The molecule has 9 heteroatoms. The van der Waals surface area contributed by atoms with Gasteiger partial charge in [-0.25, -0.2) is 17.2 Å². The van der Waals surface area contributed by atoms with E-state index in [0.717, 1.165) is 18.4 Å². The highest BCUT2D eigenvalue weighted by Gasteiger charge is 2.59. The molecule has 1 aromatic rings. The van der Waals surface area contributed by atoms with Gasteiger partial charge in [0.05, 0.1) is 4.90 Å². The molecule has 1 fully saturated rings. The molecule has 2 atom stereocenters. The van der Waals surface area contributed by atoms with Gasteiger partial charge in [0.2, 0.25) is 0 Å². The van der Waals surface area contributed by atoms with Crippen LogP contribution in [-0.4, -0.2) is 37.5 Å². The lowest BCUT2D eigenvalue weighted by atomic mass is 9.80. The van der Waals surface area contributed by atoms with Crippen molar-refractivity contribution < 1.29 is 35.8 Å². The molecular formula is C16H14F4O4S. The summed E-state index contributed by atoms with van der Waals surface area (Å²) in [6.07, 6.45) is -0.938. The summed E-state index contributed by atoms with van der Waals surface area (Å²) in [5.41, 5.74) is -3.31. The molecule has 4 nitrogen and oxygen atoms in total. The number of halogens is 4. The van der Waals surface area contributed by atoms with Crippen molar-refractivity contribution in [2.45, 2.75) is 47.7 Å². The SMILES string of the molecule is C#CC1(F)CC(Oc2ccc(S(C)(=O)=O)c3c2[C@@H](F)C(F)(F)[C@H]3O)C1. The number of rotatable bonds is 3. The van der Waals surface area contributed by atoms with Gasteiger partial charge in [-0.15, -0.1) is 6.42 Å². The number of benzene rings is 1. The smallest absolute Gasteiger partial charge is 0.312 e. The Morgan fingerprint density at radius 3 is 2.40 bits per heavy atom. The predicted octanol–water partition coefficient (Wildman–Crippen LogP) is 2.67. The third-order valence-electron chi connectivity index (χ3n) is 4.49. The summed E-state index contributed by atoms with van der Waals surface area (Å²) >= 11 is 0. The molecule has 0 bridgehead atoms. The van der Waals surface area contributed by atoms with E-state index in [9.17, 15) is 31.1 Å². The topological polar surface area (TPSA) is 63.6 Å². The van der Waals surface area contributed by atoms with E-state index in [1.165, 1.54) is 0 Å². The van der Waals surface area contributed by atoms with Crippen LogP contribution in [0.5, 0.6) is 5.75 Å². The summed E-state index contributed by atoms with van der Waals surface area (Å²) in [5, 5.41) is 9.78. The predicted molar refractivity (Wildman–Crippen MR) is 79.6 cm³/mol. The summed E-state index contributed by atoms with van der Waals surface area (Å²) in [6, 6.07) is 1.99. The molecule has 0 aromatic heterocycles. The number of ether oxygens (including phenoxy) is 1. The van der Waals surface area contributed by atoms with Crippen LogP contribution in [0.1, 0.15) is 36.2 Å². The monoisotopic (exact) mass is 378 g/mol. The summed E-state index contributed by atoms with van der Waals surface area (Å²) in [6.45, 7) is 0. The van der Waals surface area contributed by atoms with Gasteiger partial charge in [-0.3, -0.25) is 0 Å². The first-order valence-corrected chi connectivity index (χ1v) is 9.20. The lowest BCUT2D eigenvalue weighted by Gasteiger charge is -2.37. The third-order valence-corrected chi connectivity index (χ3v) is 5.65. The Morgan fingerprint density at radius 1 is 1.28 bits per heavy atom. The second-order valence-electron chi connectivity index (χ2n) is 6.36. The van der Waals surface area contributed by atoms with Crippen LogP contribution >= 0.6 is 0 Å². The molecule has 25 heavy (non-hydrogen) atoms. The van der Waals surface area contributed by atoms with Crippen molar-refractivity contribution >= 4 is 9.84 Å². The van der Waals surface area contributed by atoms with Crippen LogP contribution in [0.25, 0.3) is 0 Å². The highest BCUT2D eigenvalue weighted by atomic mass is 32.2. The molecule has 0 saturated heterocycles. The fourth-order valence-corrected chi connectivity index (χ4v) is 4.07. The quantitative estimate of drug-likeness (QED) is 0.649. The second-order valence-corrected chi connectivity index (χ2v) is 8.34. The number of hydrogen-bond donors (Lipinski definition) is 1. The van der Waals surface area contributed by atoms with Crippen LogP contribution in [0.4, 0.5) is 17.6 Å². The number of hydrogen-bond acceptors (Lipinski definition) is 4. The number of fused-ring (bicyclic) bond motifs is 1. The zero-order valence-corrected chi connectivity index (χ0v) is 13.8. The van der Waals surface area contributed by atoms with E-state index in [4.69, 9.17) is 11.2 Å². The first kappa shape index (κ1) is 18.0. The van der Waals surface area contributed by atoms with Crippen molar-refractivity contribution in [1.82, 2.24) is 0 Å². The van der Waals surface area contributed by atoms with Crippen LogP contribution in [0.3, 0.4) is 0 Å². The van der Waals surface area contributed by atoms with Crippen LogP contribution < -0.4 is 4.74 Å². The maximum atomic E-state index is 14.3. The first-order valence-electron chi connectivity index (χ1n) is 7.31. The van der Waals surface area contributed by atoms with Crippen molar-refractivity contribution in [2.24, 2.45) is 0 Å².